The van der Waals surface area contributed by atoms with Gasteiger partial charge >= 0.3 is 5.97 Å². The Hall–Kier alpha value is -0.830. The van der Waals surface area contributed by atoms with Gasteiger partial charge in [-0.25, -0.2) is 4.79 Å². The van der Waals surface area contributed by atoms with Crippen molar-refractivity contribution in [1.29, 1.82) is 0 Å². The second-order valence-corrected chi connectivity index (χ2v) is 4.37. The first-order valence-electron chi connectivity index (χ1n) is 4.87. The van der Waals surface area contributed by atoms with E-state index in [1.165, 1.54) is 0 Å². The zero-order valence-corrected chi connectivity index (χ0v) is 9.69. The number of carbonyl (C=O) groups is 1. The number of carbonyl (C=O) groups excluding carboxylic acids is 1. The van der Waals surface area contributed by atoms with E-state index in [1.54, 1.807) is 11.3 Å². The molecule has 0 saturated heterocycles. The Balaban J connectivity index is 2.76. The Morgan fingerprint density at radius 2 is 2.21 bits per heavy atom. The number of ether oxygens (including phenoxy) is 1. The quantitative estimate of drug-likeness (QED) is 0.717. The monoisotopic (exact) mass is 212 g/mol. The third kappa shape index (κ3) is 2.84. The molecule has 2 nitrogen and oxygen atoms in total. The van der Waals surface area contributed by atoms with Gasteiger partial charge in [0.05, 0.1) is 12.2 Å². The van der Waals surface area contributed by atoms with E-state index in [2.05, 4.69) is 13.8 Å². The van der Waals surface area contributed by atoms with Crippen LogP contribution in [-0.4, -0.2) is 12.6 Å². The van der Waals surface area contributed by atoms with E-state index in [4.69, 9.17) is 4.74 Å². The zero-order valence-electron chi connectivity index (χ0n) is 8.87. The topological polar surface area (TPSA) is 26.3 Å². The predicted octanol–water partition coefficient (Wildman–Crippen LogP) is 3.12. The van der Waals surface area contributed by atoms with Crippen molar-refractivity contribution in [2.24, 2.45) is 5.92 Å². The Morgan fingerprint density at radius 1 is 1.50 bits per heavy atom. The maximum absolute atomic E-state index is 11.5. The third-order valence-corrected chi connectivity index (χ3v) is 2.66. The summed E-state index contributed by atoms with van der Waals surface area (Å²) in [4.78, 5) is 11.5. The molecular formula is C11H16O2S. The van der Waals surface area contributed by atoms with Crippen molar-refractivity contribution >= 4 is 17.3 Å². The molecule has 0 fully saturated rings. The lowest BCUT2D eigenvalue weighted by atomic mass is 10.0. The van der Waals surface area contributed by atoms with Gasteiger partial charge in [0.2, 0.25) is 0 Å². The summed E-state index contributed by atoms with van der Waals surface area (Å²) in [5, 5.41) is 3.90. The molecule has 0 amide bonds. The highest BCUT2D eigenvalue weighted by Crippen LogP contribution is 2.19. The van der Waals surface area contributed by atoms with Crippen LogP contribution in [0.15, 0.2) is 10.8 Å². The minimum atomic E-state index is -0.190. The molecule has 0 spiro atoms. The number of esters is 1. The van der Waals surface area contributed by atoms with Crippen molar-refractivity contribution in [2.75, 3.05) is 6.61 Å². The van der Waals surface area contributed by atoms with Gasteiger partial charge in [-0.2, -0.15) is 11.3 Å². The first-order valence-corrected chi connectivity index (χ1v) is 5.81. The van der Waals surface area contributed by atoms with E-state index in [-0.39, 0.29) is 5.97 Å². The van der Waals surface area contributed by atoms with Gasteiger partial charge in [0, 0.05) is 5.38 Å². The Morgan fingerprint density at radius 3 is 2.79 bits per heavy atom. The molecule has 3 heteroatoms. The summed E-state index contributed by atoms with van der Waals surface area (Å²) < 4.78 is 4.98. The summed E-state index contributed by atoms with van der Waals surface area (Å²) in [7, 11) is 0. The van der Waals surface area contributed by atoms with Crippen LogP contribution in [-0.2, 0) is 11.2 Å². The van der Waals surface area contributed by atoms with Crippen LogP contribution < -0.4 is 0 Å². The molecule has 0 aliphatic rings. The highest BCUT2D eigenvalue weighted by molar-refractivity contribution is 7.08. The zero-order chi connectivity index (χ0) is 10.6. The molecule has 0 bridgehead atoms. The van der Waals surface area contributed by atoms with Crippen molar-refractivity contribution in [3.63, 3.8) is 0 Å². The van der Waals surface area contributed by atoms with Crippen LogP contribution in [0.25, 0.3) is 0 Å². The van der Waals surface area contributed by atoms with Gasteiger partial charge in [0.15, 0.2) is 0 Å². The summed E-state index contributed by atoms with van der Waals surface area (Å²) in [6.45, 7) is 6.56. The van der Waals surface area contributed by atoms with E-state index < -0.39 is 0 Å². The van der Waals surface area contributed by atoms with Crippen molar-refractivity contribution in [3.05, 3.63) is 21.9 Å². The smallest absolute Gasteiger partial charge is 0.339 e. The van der Waals surface area contributed by atoms with Gasteiger partial charge in [-0.3, -0.25) is 0 Å². The van der Waals surface area contributed by atoms with Gasteiger partial charge in [0.25, 0.3) is 0 Å². The molecule has 0 N–H and O–H groups in total. The van der Waals surface area contributed by atoms with Crippen LogP contribution >= 0.6 is 11.3 Å². The SMILES string of the molecule is CCOC(=O)c1cscc1CC(C)C. The lowest BCUT2D eigenvalue weighted by Gasteiger charge is -2.05. The van der Waals surface area contributed by atoms with Gasteiger partial charge in [0.1, 0.15) is 0 Å². The van der Waals surface area contributed by atoms with Crippen LogP contribution in [0.4, 0.5) is 0 Å². The minimum Gasteiger partial charge on any atom is -0.462 e. The van der Waals surface area contributed by atoms with Crippen LogP contribution in [0.1, 0.15) is 36.7 Å². The molecule has 1 rings (SSSR count). The summed E-state index contributed by atoms with van der Waals surface area (Å²) in [6, 6.07) is 0. The molecule has 0 atom stereocenters. The highest BCUT2D eigenvalue weighted by atomic mass is 32.1. The normalized spacial score (nSPS) is 10.6. The van der Waals surface area contributed by atoms with Crippen molar-refractivity contribution < 1.29 is 9.53 Å². The molecule has 0 saturated carbocycles. The first-order chi connectivity index (χ1) is 6.65. The van der Waals surface area contributed by atoms with E-state index in [9.17, 15) is 4.79 Å². The summed E-state index contributed by atoms with van der Waals surface area (Å²) in [5.41, 5.74) is 1.86. The molecule has 1 aromatic rings. The highest BCUT2D eigenvalue weighted by Gasteiger charge is 2.13. The lowest BCUT2D eigenvalue weighted by molar-refractivity contribution is 0.0525. The minimum absolute atomic E-state index is 0.190. The molecule has 1 aromatic heterocycles. The van der Waals surface area contributed by atoms with Crippen molar-refractivity contribution in [1.82, 2.24) is 0 Å². The van der Waals surface area contributed by atoms with E-state index in [0.29, 0.717) is 12.5 Å². The fraction of sp³-hybridized carbons (Fsp3) is 0.545. The van der Waals surface area contributed by atoms with E-state index >= 15 is 0 Å². The molecule has 78 valence electrons. The van der Waals surface area contributed by atoms with Crippen LogP contribution in [0.5, 0.6) is 0 Å². The molecule has 0 aliphatic heterocycles. The average molecular weight is 212 g/mol. The van der Waals surface area contributed by atoms with E-state index in [1.807, 2.05) is 17.7 Å². The molecule has 0 unspecified atom stereocenters. The van der Waals surface area contributed by atoms with Crippen molar-refractivity contribution in [2.45, 2.75) is 27.2 Å². The molecule has 0 aliphatic carbocycles. The Labute approximate surface area is 88.9 Å². The van der Waals surface area contributed by atoms with Crippen molar-refractivity contribution in [3.8, 4) is 0 Å². The van der Waals surface area contributed by atoms with Crippen LogP contribution in [0.2, 0.25) is 0 Å². The van der Waals surface area contributed by atoms with Gasteiger partial charge in [-0.05, 0) is 30.2 Å². The van der Waals surface area contributed by atoms with Crippen LogP contribution in [0.3, 0.4) is 0 Å². The maximum Gasteiger partial charge on any atom is 0.339 e. The number of thiophene rings is 1. The fourth-order valence-electron chi connectivity index (χ4n) is 1.31. The standard InChI is InChI=1S/C11H16O2S/c1-4-13-11(12)10-7-14-6-9(10)5-8(2)3/h6-8H,4-5H2,1-3H3. The van der Waals surface area contributed by atoms with E-state index in [0.717, 1.165) is 17.5 Å². The van der Waals surface area contributed by atoms with Gasteiger partial charge < -0.3 is 4.74 Å². The predicted molar refractivity (Wildman–Crippen MR) is 58.8 cm³/mol. The average Bonchev–Trinajstić information content (AvgIpc) is 2.51. The van der Waals surface area contributed by atoms with Crippen LogP contribution in [0, 0.1) is 5.92 Å². The molecule has 0 radical (unpaired) electrons. The molecule has 0 aromatic carbocycles. The first kappa shape index (κ1) is 11.2. The van der Waals surface area contributed by atoms with Gasteiger partial charge in [-0.1, -0.05) is 13.8 Å². The number of hydrogen-bond acceptors (Lipinski definition) is 3. The molecular weight excluding hydrogens is 196 g/mol. The second-order valence-electron chi connectivity index (χ2n) is 3.63. The lowest BCUT2D eigenvalue weighted by Crippen LogP contribution is -2.07. The maximum atomic E-state index is 11.5. The third-order valence-electron chi connectivity index (χ3n) is 1.87. The number of hydrogen-bond donors (Lipinski definition) is 0. The Bertz CT molecular complexity index is 302. The molecule has 1 heterocycles. The fourth-order valence-corrected chi connectivity index (χ4v) is 2.15. The molecule has 14 heavy (non-hydrogen) atoms. The van der Waals surface area contributed by atoms with Gasteiger partial charge in [-0.15, -0.1) is 0 Å². The summed E-state index contributed by atoms with van der Waals surface area (Å²) in [6.07, 6.45) is 0.942. The Kier molecular flexibility index (Phi) is 4.14. The summed E-state index contributed by atoms with van der Waals surface area (Å²) >= 11 is 1.56. The largest absolute Gasteiger partial charge is 0.462 e. The second kappa shape index (κ2) is 5.15. The summed E-state index contributed by atoms with van der Waals surface area (Å²) in [5.74, 6) is 0.377. The number of rotatable bonds is 4.